The Hall–Kier alpha value is -1.35. The molecule has 0 saturated carbocycles. The van der Waals surface area contributed by atoms with Gasteiger partial charge >= 0.3 is 5.97 Å². The highest BCUT2D eigenvalue weighted by Crippen LogP contribution is 2.19. The lowest BCUT2D eigenvalue weighted by molar-refractivity contribution is -0.144. The predicted molar refractivity (Wildman–Crippen MR) is 68.7 cm³/mol. The number of hydrogen-bond acceptors (Lipinski definition) is 3. The summed E-state index contributed by atoms with van der Waals surface area (Å²) in [5, 5.41) is 0. The van der Waals surface area contributed by atoms with E-state index in [0.717, 1.165) is 11.1 Å². The number of nitrogens with two attached hydrogens (primary N) is 1. The first-order valence-corrected chi connectivity index (χ1v) is 5.99. The molecule has 1 rings (SSSR count). The summed E-state index contributed by atoms with van der Waals surface area (Å²) in [6.07, 6.45) is 0.281. The molecule has 1 aromatic rings. The summed E-state index contributed by atoms with van der Waals surface area (Å²) in [6.45, 7) is 7.00. The minimum Gasteiger partial charge on any atom is -0.461 e. The van der Waals surface area contributed by atoms with E-state index in [2.05, 4.69) is 32.0 Å². The number of ether oxygens (including phenoxy) is 1. The second-order valence-corrected chi connectivity index (χ2v) is 4.54. The molecule has 0 spiro atoms. The van der Waals surface area contributed by atoms with E-state index in [1.807, 2.05) is 6.92 Å². The Morgan fingerprint density at radius 3 is 2.71 bits per heavy atom. The van der Waals surface area contributed by atoms with Gasteiger partial charge in [0.1, 0.15) is 6.61 Å². The van der Waals surface area contributed by atoms with E-state index in [4.69, 9.17) is 10.5 Å². The number of carbonyl (C=O) groups excluding carboxylic acids is 1. The first-order valence-electron chi connectivity index (χ1n) is 5.99. The van der Waals surface area contributed by atoms with Crippen molar-refractivity contribution < 1.29 is 9.53 Å². The van der Waals surface area contributed by atoms with Crippen molar-refractivity contribution in [3.05, 3.63) is 34.9 Å². The van der Waals surface area contributed by atoms with E-state index in [0.29, 0.717) is 19.1 Å². The summed E-state index contributed by atoms with van der Waals surface area (Å²) < 4.78 is 5.17. The maximum atomic E-state index is 11.2. The Morgan fingerprint density at radius 2 is 2.12 bits per heavy atom. The van der Waals surface area contributed by atoms with Crippen molar-refractivity contribution in [2.45, 2.75) is 39.7 Å². The third-order valence-electron chi connectivity index (χ3n) is 2.78. The van der Waals surface area contributed by atoms with Crippen LogP contribution in [0.3, 0.4) is 0 Å². The van der Waals surface area contributed by atoms with Crippen LogP contribution >= 0.6 is 0 Å². The van der Waals surface area contributed by atoms with Crippen LogP contribution < -0.4 is 5.73 Å². The normalized spacial score (nSPS) is 10.6. The van der Waals surface area contributed by atoms with Crippen LogP contribution in [0, 0.1) is 6.92 Å². The highest BCUT2D eigenvalue weighted by molar-refractivity contribution is 5.69. The van der Waals surface area contributed by atoms with Gasteiger partial charge in [-0.25, -0.2) is 0 Å². The molecule has 0 aliphatic rings. The summed E-state index contributed by atoms with van der Waals surface area (Å²) in [4.78, 5) is 11.2. The zero-order valence-electron chi connectivity index (χ0n) is 10.8. The zero-order chi connectivity index (χ0) is 12.8. The molecule has 0 radical (unpaired) electrons. The van der Waals surface area contributed by atoms with Gasteiger partial charge in [0.2, 0.25) is 0 Å². The molecule has 17 heavy (non-hydrogen) atoms. The molecule has 0 aliphatic carbocycles. The molecule has 0 aromatic heterocycles. The molecule has 0 aliphatic heterocycles. The number of hydrogen-bond donors (Lipinski definition) is 1. The average Bonchev–Trinajstić information content (AvgIpc) is 2.28. The standard InChI is InChI=1S/C14H21NO2/c1-10(2)12-5-4-11(3)13(8-12)9-17-14(16)6-7-15/h4-5,8,10H,6-7,9,15H2,1-3H3. The minimum atomic E-state index is -0.234. The molecule has 3 heteroatoms. The fourth-order valence-electron chi connectivity index (χ4n) is 1.55. The first-order chi connectivity index (χ1) is 8.04. The highest BCUT2D eigenvalue weighted by atomic mass is 16.5. The summed E-state index contributed by atoms with van der Waals surface area (Å²) in [5.74, 6) is 0.246. The van der Waals surface area contributed by atoms with Gasteiger partial charge in [0.25, 0.3) is 0 Å². The van der Waals surface area contributed by atoms with Crippen LogP contribution in [-0.4, -0.2) is 12.5 Å². The largest absolute Gasteiger partial charge is 0.461 e. The second kappa shape index (κ2) is 6.40. The molecule has 0 unspecified atom stereocenters. The Morgan fingerprint density at radius 1 is 1.41 bits per heavy atom. The molecule has 94 valence electrons. The van der Waals surface area contributed by atoms with Crippen molar-refractivity contribution in [1.82, 2.24) is 0 Å². The number of rotatable bonds is 5. The van der Waals surface area contributed by atoms with Crippen LogP contribution in [0.2, 0.25) is 0 Å². The Balaban J connectivity index is 2.69. The smallest absolute Gasteiger partial charge is 0.307 e. The second-order valence-electron chi connectivity index (χ2n) is 4.54. The number of benzene rings is 1. The van der Waals surface area contributed by atoms with Gasteiger partial charge in [-0.2, -0.15) is 0 Å². The third kappa shape index (κ3) is 4.19. The van der Waals surface area contributed by atoms with Crippen LogP contribution in [-0.2, 0) is 16.1 Å². The van der Waals surface area contributed by atoms with Crippen LogP contribution in [0.5, 0.6) is 0 Å². The van der Waals surface area contributed by atoms with Crippen LogP contribution in [0.25, 0.3) is 0 Å². The van der Waals surface area contributed by atoms with Gasteiger partial charge in [-0.15, -0.1) is 0 Å². The lowest BCUT2D eigenvalue weighted by Crippen LogP contribution is -2.11. The Kier molecular flexibility index (Phi) is 5.16. The number of esters is 1. The third-order valence-corrected chi connectivity index (χ3v) is 2.78. The monoisotopic (exact) mass is 235 g/mol. The minimum absolute atomic E-state index is 0.234. The maximum absolute atomic E-state index is 11.2. The molecule has 0 fully saturated rings. The van der Waals surface area contributed by atoms with Crippen molar-refractivity contribution in [1.29, 1.82) is 0 Å². The number of carbonyl (C=O) groups is 1. The van der Waals surface area contributed by atoms with Crippen molar-refractivity contribution >= 4 is 5.97 Å². The molecule has 1 aromatic carbocycles. The molecule has 0 bridgehead atoms. The quantitative estimate of drug-likeness (QED) is 0.798. The Labute approximate surface area is 103 Å². The predicted octanol–water partition coefficient (Wildman–Crippen LogP) is 2.51. The van der Waals surface area contributed by atoms with Gasteiger partial charge in [-0.05, 0) is 29.5 Å². The average molecular weight is 235 g/mol. The van der Waals surface area contributed by atoms with E-state index in [-0.39, 0.29) is 12.4 Å². The maximum Gasteiger partial charge on any atom is 0.307 e. The number of aryl methyl sites for hydroxylation is 1. The SMILES string of the molecule is Cc1ccc(C(C)C)cc1COC(=O)CCN. The van der Waals surface area contributed by atoms with Crippen molar-refractivity contribution in [2.75, 3.05) is 6.54 Å². The van der Waals surface area contributed by atoms with Gasteiger partial charge < -0.3 is 10.5 Å². The Bertz CT molecular complexity index is 386. The van der Waals surface area contributed by atoms with E-state index >= 15 is 0 Å². The molecule has 3 nitrogen and oxygen atoms in total. The van der Waals surface area contributed by atoms with Crippen molar-refractivity contribution in [3.8, 4) is 0 Å². The highest BCUT2D eigenvalue weighted by Gasteiger charge is 2.06. The van der Waals surface area contributed by atoms with E-state index in [1.165, 1.54) is 5.56 Å². The molecule has 2 N–H and O–H groups in total. The van der Waals surface area contributed by atoms with Gasteiger partial charge in [0.05, 0.1) is 6.42 Å². The van der Waals surface area contributed by atoms with Gasteiger partial charge in [-0.3, -0.25) is 4.79 Å². The van der Waals surface area contributed by atoms with Gasteiger partial charge in [-0.1, -0.05) is 32.0 Å². The molecule has 0 saturated heterocycles. The lowest BCUT2D eigenvalue weighted by Gasteiger charge is -2.11. The molecular weight excluding hydrogens is 214 g/mol. The lowest BCUT2D eigenvalue weighted by atomic mass is 9.98. The fourth-order valence-corrected chi connectivity index (χ4v) is 1.55. The molecule has 0 amide bonds. The summed E-state index contributed by atoms with van der Waals surface area (Å²) in [5.41, 5.74) is 8.77. The van der Waals surface area contributed by atoms with Gasteiger partial charge in [0, 0.05) is 6.54 Å². The fraction of sp³-hybridized carbons (Fsp3) is 0.500. The molecular formula is C14H21NO2. The van der Waals surface area contributed by atoms with Crippen LogP contribution in [0.1, 0.15) is 42.9 Å². The molecule has 0 heterocycles. The van der Waals surface area contributed by atoms with Crippen LogP contribution in [0.15, 0.2) is 18.2 Å². The molecule has 0 atom stereocenters. The van der Waals surface area contributed by atoms with E-state index in [9.17, 15) is 4.79 Å². The summed E-state index contributed by atoms with van der Waals surface area (Å²) in [6, 6.07) is 6.29. The van der Waals surface area contributed by atoms with Gasteiger partial charge in [0.15, 0.2) is 0 Å². The van der Waals surface area contributed by atoms with E-state index in [1.54, 1.807) is 0 Å². The topological polar surface area (TPSA) is 52.3 Å². The van der Waals surface area contributed by atoms with Crippen LogP contribution in [0.4, 0.5) is 0 Å². The summed E-state index contributed by atoms with van der Waals surface area (Å²) >= 11 is 0. The van der Waals surface area contributed by atoms with Crippen molar-refractivity contribution in [3.63, 3.8) is 0 Å². The summed E-state index contributed by atoms with van der Waals surface area (Å²) in [7, 11) is 0. The van der Waals surface area contributed by atoms with E-state index < -0.39 is 0 Å². The van der Waals surface area contributed by atoms with Crippen molar-refractivity contribution in [2.24, 2.45) is 5.73 Å². The first kappa shape index (κ1) is 13.7. The zero-order valence-corrected chi connectivity index (χ0v) is 10.8.